The fourth-order valence-corrected chi connectivity index (χ4v) is 1.79. The van der Waals surface area contributed by atoms with Crippen molar-refractivity contribution in [3.8, 4) is 11.5 Å². The Morgan fingerprint density at radius 1 is 1.57 bits per heavy atom. The van der Waals surface area contributed by atoms with Gasteiger partial charge in [-0.05, 0) is 24.0 Å². The van der Waals surface area contributed by atoms with Gasteiger partial charge in [-0.1, -0.05) is 13.0 Å². The predicted octanol–water partition coefficient (Wildman–Crippen LogP) is 2.19. The summed E-state index contributed by atoms with van der Waals surface area (Å²) in [6.45, 7) is 2.04. The lowest BCUT2D eigenvalue weighted by atomic mass is 9.90. The molecule has 14 heavy (non-hydrogen) atoms. The van der Waals surface area contributed by atoms with Crippen molar-refractivity contribution in [1.29, 1.82) is 0 Å². The van der Waals surface area contributed by atoms with Crippen LogP contribution in [0.1, 0.15) is 31.2 Å². The fraction of sp³-hybridized carbons (Fsp3) is 0.364. The molecule has 0 radical (unpaired) electrons. The van der Waals surface area contributed by atoms with Crippen LogP contribution >= 0.6 is 0 Å². The Balaban J connectivity index is 2.45. The average molecular weight is 192 g/mol. The van der Waals surface area contributed by atoms with Crippen molar-refractivity contribution in [1.82, 2.24) is 0 Å². The molecule has 2 rings (SSSR count). The quantitative estimate of drug-likeness (QED) is 0.548. The molecule has 3 nitrogen and oxygen atoms in total. The number of phenols is 1. The first kappa shape index (κ1) is 9.06. The van der Waals surface area contributed by atoms with Crippen LogP contribution in [0.2, 0.25) is 0 Å². The number of hydrogen-bond donors (Lipinski definition) is 1. The van der Waals surface area contributed by atoms with Crippen LogP contribution in [0, 0.1) is 0 Å². The van der Waals surface area contributed by atoms with Crippen molar-refractivity contribution < 1.29 is 14.6 Å². The summed E-state index contributed by atoms with van der Waals surface area (Å²) < 4.78 is 5.05. The summed E-state index contributed by atoms with van der Waals surface area (Å²) in [5.41, 5.74) is 1.02. The van der Waals surface area contributed by atoms with Crippen molar-refractivity contribution in [2.75, 3.05) is 0 Å². The minimum Gasteiger partial charge on any atom is -0.508 e. The molecule has 0 saturated carbocycles. The van der Waals surface area contributed by atoms with Crippen LogP contribution < -0.4 is 4.74 Å². The third kappa shape index (κ3) is 1.45. The Morgan fingerprint density at radius 2 is 2.36 bits per heavy atom. The molecule has 1 N–H and O–H groups in total. The first-order chi connectivity index (χ1) is 6.70. The van der Waals surface area contributed by atoms with Gasteiger partial charge >= 0.3 is 5.97 Å². The molecule has 0 aliphatic carbocycles. The first-order valence-electron chi connectivity index (χ1n) is 4.74. The van der Waals surface area contributed by atoms with Crippen LogP contribution in [-0.2, 0) is 4.79 Å². The van der Waals surface area contributed by atoms with Gasteiger partial charge in [-0.25, -0.2) is 0 Å². The van der Waals surface area contributed by atoms with E-state index in [0.29, 0.717) is 12.2 Å². The molecule has 0 fully saturated rings. The second kappa shape index (κ2) is 3.33. The number of carbonyl (C=O) groups is 1. The van der Waals surface area contributed by atoms with E-state index in [1.165, 1.54) is 6.07 Å². The molecule has 1 aliphatic heterocycles. The molecule has 0 amide bonds. The number of benzene rings is 1. The van der Waals surface area contributed by atoms with E-state index in [-0.39, 0.29) is 17.6 Å². The van der Waals surface area contributed by atoms with Crippen molar-refractivity contribution in [3.05, 3.63) is 23.8 Å². The van der Waals surface area contributed by atoms with Crippen molar-refractivity contribution >= 4 is 5.97 Å². The number of hydrogen-bond acceptors (Lipinski definition) is 3. The van der Waals surface area contributed by atoms with Gasteiger partial charge in [-0.3, -0.25) is 4.79 Å². The van der Waals surface area contributed by atoms with Gasteiger partial charge in [0.15, 0.2) is 0 Å². The van der Waals surface area contributed by atoms with Crippen LogP contribution in [0.25, 0.3) is 0 Å². The van der Waals surface area contributed by atoms with Gasteiger partial charge in [-0.15, -0.1) is 0 Å². The Morgan fingerprint density at radius 3 is 3.07 bits per heavy atom. The Labute approximate surface area is 82.3 Å². The molecule has 0 aromatic heterocycles. The minimum atomic E-state index is -0.213. The molecule has 3 heteroatoms. The highest BCUT2D eigenvalue weighted by Crippen LogP contribution is 2.37. The molecule has 1 aromatic carbocycles. The minimum absolute atomic E-state index is 0.133. The summed E-state index contributed by atoms with van der Waals surface area (Å²) in [6.07, 6.45) is 1.35. The molecule has 74 valence electrons. The van der Waals surface area contributed by atoms with Gasteiger partial charge in [0.25, 0.3) is 0 Å². The molecule has 1 aromatic rings. The molecule has 1 aliphatic rings. The number of aromatic hydroxyl groups is 1. The van der Waals surface area contributed by atoms with Crippen LogP contribution in [-0.4, -0.2) is 11.1 Å². The SMILES string of the molecule is CCC1CC(=O)Oc2cc(O)ccc21. The highest BCUT2D eigenvalue weighted by molar-refractivity contribution is 5.76. The summed E-state index contributed by atoms with van der Waals surface area (Å²) in [5.74, 6) is 0.656. The Hall–Kier alpha value is -1.51. The van der Waals surface area contributed by atoms with Gasteiger partial charge in [0.1, 0.15) is 11.5 Å². The lowest BCUT2D eigenvalue weighted by Gasteiger charge is -2.23. The van der Waals surface area contributed by atoms with Gasteiger partial charge in [0.2, 0.25) is 0 Å². The first-order valence-corrected chi connectivity index (χ1v) is 4.74. The summed E-state index contributed by atoms with van der Waals surface area (Å²) in [4.78, 5) is 11.2. The van der Waals surface area contributed by atoms with E-state index in [2.05, 4.69) is 0 Å². The normalized spacial score (nSPS) is 20.1. The van der Waals surface area contributed by atoms with Crippen LogP contribution in [0.4, 0.5) is 0 Å². The zero-order valence-corrected chi connectivity index (χ0v) is 7.99. The van der Waals surface area contributed by atoms with Gasteiger partial charge < -0.3 is 9.84 Å². The second-order valence-electron chi connectivity index (χ2n) is 3.51. The van der Waals surface area contributed by atoms with E-state index < -0.39 is 0 Å². The van der Waals surface area contributed by atoms with Crippen molar-refractivity contribution in [2.45, 2.75) is 25.7 Å². The molecule has 1 atom stereocenters. The zero-order chi connectivity index (χ0) is 10.1. The number of esters is 1. The molecule has 1 heterocycles. The van der Waals surface area contributed by atoms with E-state index in [4.69, 9.17) is 4.74 Å². The Kier molecular flexibility index (Phi) is 2.15. The molecular weight excluding hydrogens is 180 g/mol. The van der Waals surface area contributed by atoms with E-state index in [1.54, 1.807) is 6.07 Å². The lowest BCUT2D eigenvalue weighted by Crippen LogP contribution is -2.19. The highest BCUT2D eigenvalue weighted by atomic mass is 16.5. The van der Waals surface area contributed by atoms with Crippen LogP contribution in [0.5, 0.6) is 11.5 Å². The smallest absolute Gasteiger partial charge is 0.311 e. The largest absolute Gasteiger partial charge is 0.508 e. The summed E-state index contributed by atoms with van der Waals surface area (Å²) in [6, 6.07) is 4.95. The molecule has 0 saturated heterocycles. The molecular formula is C11H12O3. The fourth-order valence-electron chi connectivity index (χ4n) is 1.79. The van der Waals surface area contributed by atoms with Gasteiger partial charge in [0, 0.05) is 6.07 Å². The van der Waals surface area contributed by atoms with E-state index >= 15 is 0 Å². The van der Waals surface area contributed by atoms with Crippen LogP contribution in [0.3, 0.4) is 0 Å². The monoisotopic (exact) mass is 192 g/mol. The van der Waals surface area contributed by atoms with Gasteiger partial charge in [0.05, 0.1) is 6.42 Å². The second-order valence-corrected chi connectivity index (χ2v) is 3.51. The molecule has 1 unspecified atom stereocenters. The number of ether oxygens (including phenoxy) is 1. The van der Waals surface area contributed by atoms with E-state index in [9.17, 15) is 9.90 Å². The maximum atomic E-state index is 11.2. The Bertz CT molecular complexity index is 371. The number of fused-ring (bicyclic) bond motifs is 1. The number of phenolic OH excluding ortho intramolecular Hbond substituents is 1. The van der Waals surface area contributed by atoms with Crippen molar-refractivity contribution in [2.24, 2.45) is 0 Å². The summed E-state index contributed by atoms with van der Waals surface area (Å²) in [5, 5.41) is 9.24. The van der Waals surface area contributed by atoms with Crippen LogP contribution in [0.15, 0.2) is 18.2 Å². The number of rotatable bonds is 1. The third-order valence-corrected chi connectivity index (χ3v) is 2.57. The average Bonchev–Trinajstić information content (AvgIpc) is 2.15. The summed E-state index contributed by atoms with van der Waals surface area (Å²) in [7, 11) is 0. The third-order valence-electron chi connectivity index (χ3n) is 2.57. The standard InChI is InChI=1S/C11H12O3/c1-2-7-5-11(13)14-10-6-8(12)3-4-9(7)10/h3-4,6-7,12H,2,5H2,1H3. The number of carbonyl (C=O) groups excluding carboxylic acids is 1. The lowest BCUT2D eigenvalue weighted by molar-refractivity contribution is -0.135. The maximum Gasteiger partial charge on any atom is 0.311 e. The van der Waals surface area contributed by atoms with E-state index in [1.807, 2.05) is 13.0 Å². The maximum absolute atomic E-state index is 11.2. The topological polar surface area (TPSA) is 46.5 Å². The van der Waals surface area contributed by atoms with Crippen molar-refractivity contribution in [3.63, 3.8) is 0 Å². The van der Waals surface area contributed by atoms with Gasteiger partial charge in [-0.2, -0.15) is 0 Å². The summed E-state index contributed by atoms with van der Waals surface area (Å²) >= 11 is 0. The highest BCUT2D eigenvalue weighted by Gasteiger charge is 2.25. The molecule has 0 bridgehead atoms. The van der Waals surface area contributed by atoms with E-state index in [0.717, 1.165) is 12.0 Å². The zero-order valence-electron chi connectivity index (χ0n) is 7.99. The molecule has 0 spiro atoms. The predicted molar refractivity (Wildman–Crippen MR) is 51.4 cm³/mol.